The van der Waals surface area contributed by atoms with Crippen LogP contribution in [0.4, 0.5) is 17.1 Å². The Morgan fingerprint density at radius 1 is 0.926 bits per heavy atom. The van der Waals surface area contributed by atoms with Gasteiger partial charge < -0.3 is 10.6 Å². The van der Waals surface area contributed by atoms with E-state index in [-0.39, 0.29) is 5.91 Å². The highest BCUT2D eigenvalue weighted by atomic mass is 16.1. The number of hydrogen-bond donors (Lipinski definition) is 2. The van der Waals surface area contributed by atoms with Gasteiger partial charge in [0.1, 0.15) is 5.52 Å². The second-order valence-electron chi connectivity index (χ2n) is 6.13. The molecule has 0 aliphatic carbocycles. The van der Waals surface area contributed by atoms with Crippen molar-refractivity contribution >= 4 is 34.0 Å². The number of carbonyl (C=O) groups is 1. The Kier molecular flexibility index (Phi) is 4.53. The SMILES string of the molecule is CCn1nnc2cc(C(=O)Nc3ccc(Nc4ccccc4)cc3)ccc21. The van der Waals surface area contributed by atoms with Gasteiger partial charge in [0, 0.05) is 29.2 Å². The number of aryl methyl sites for hydroxylation is 1. The lowest BCUT2D eigenvalue weighted by Crippen LogP contribution is -2.11. The van der Waals surface area contributed by atoms with Gasteiger partial charge in [0.25, 0.3) is 5.91 Å². The van der Waals surface area contributed by atoms with Crippen LogP contribution >= 0.6 is 0 Å². The minimum Gasteiger partial charge on any atom is -0.356 e. The van der Waals surface area contributed by atoms with Crippen molar-refractivity contribution in [3.8, 4) is 0 Å². The molecule has 0 saturated heterocycles. The molecule has 0 spiro atoms. The van der Waals surface area contributed by atoms with Gasteiger partial charge in [0.15, 0.2) is 0 Å². The van der Waals surface area contributed by atoms with Gasteiger partial charge in [-0.05, 0) is 61.5 Å². The van der Waals surface area contributed by atoms with Crippen LogP contribution < -0.4 is 10.6 Å². The van der Waals surface area contributed by atoms with Gasteiger partial charge in [-0.15, -0.1) is 5.10 Å². The Bertz CT molecular complexity index is 1070. The summed E-state index contributed by atoms with van der Waals surface area (Å²) in [6.45, 7) is 2.75. The van der Waals surface area contributed by atoms with Crippen molar-refractivity contribution in [1.82, 2.24) is 15.0 Å². The lowest BCUT2D eigenvalue weighted by molar-refractivity contribution is 0.102. The molecule has 27 heavy (non-hydrogen) atoms. The number of carbonyl (C=O) groups excluding carboxylic acids is 1. The molecule has 1 amide bonds. The maximum absolute atomic E-state index is 12.5. The van der Waals surface area contributed by atoms with Gasteiger partial charge >= 0.3 is 0 Å². The van der Waals surface area contributed by atoms with Crippen LogP contribution in [0.25, 0.3) is 11.0 Å². The van der Waals surface area contributed by atoms with E-state index in [1.165, 1.54) is 0 Å². The second kappa shape index (κ2) is 7.29. The monoisotopic (exact) mass is 357 g/mol. The van der Waals surface area contributed by atoms with Crippen molar-refractivity contribution in [2.45, 2.75) is 13.5 Å². The first kappa shape index (κ1) is 16.8. The van der Waals surface area contributed by atoms with E-state index in [2.05, 4.69) is 20.9 Å². The Morgan fingerprint density at radius 3 is 2.37 bits per heavy atom. The van der Waals surface area contributed by atoms with E-state index < -0.39 is 0 Å². The standard InChI is InChI=1S/C21H19N5O/c1-2-26-20-13-8-15(14-19(20)24-25-26)21(27)23-18-11-9-17(10-12-18)22-16-6-4-3-5-7-16/h3-14,22H,2H2,1H3,(H,23,27). The zero-order valence-electron chi connectivity index (χ0n) is 14.9. The molecule has 1 heterocycles. The average Bonchev–Trinajstić information content (AvgIpc) is 3.12. The minimum absolute atomic E-state index is 0.174. The minimum atomic E-state index is -0.174. The summed E-state index contributed by atoms with van der Waals surface area (Å²) in [5.41, 5.74) is 4.89. The van der Waals surface area contributed by atoms with E-state index in [4.69, 9.17) is 0 Å². The van der Waals surface area contributed by atoms with Gasteiger partial charge in [-0.2, -0.15) is 0 Å². The number of fused-ring (bicyclic) bond motifs is 1. The summed E-state index contributed by atoms with van der Waals surface area (Å²) in [7, 11) is 0. The number of para-hydroxylation sites is 1. The molecular formula is C21H19N5O. The van der Waals surface area contributed by atoms with E-state index >= 15 is 0 Å². The van der Waals surface area contributed by atoms with Crippen LogP contribution in [0.5, 0.6) is 0 Å². The molecule has 0 bridgehead atoms. The molecule has 0 aliphatic heterocycles. The Morgan fingerprint density at radius 2 is 1.63 bits per heavy atom. The molecule has 3 aromatic carbocycles. The lowest BCUT2D eigenvalue weighted by atomic mass is 10.1. The Hall–Kier alpha value is -3.67. The molecule has 4 rings (SSSR count). The van der Waals surface area contributed by atoms with E-state index in [0.29, 0.717) is 11.1 Å². The highest BCUT2D eigenvalue weighted by Crippen LogP contribution is 2.20. The summed E-state index contributed by atoms with van der Waals surface area (Å²) in [6, 6.07) is 23.0. The third-order valence-electron chi connectivity index (χ3n) is 4.28. The van der Waals surface area contributed by atoms with Crippen LogP contribution in [0.2, 0.25) is 0 Å². The molecular weight excluding hydrogens is 338 g/mol. The topological polar surface area (TPSA) is 71.8 Å². The number of hydrogen-bond acceptors (Lipinski definition) is 4. The number of anilines is 3. The number of nitrogens with one attached hydrogen (secondary N) is 2. The van der Waals surface area contributed by atoms with Crippen LogP contribution in [-0.2, 0) is 6.54 Å². The molecule has 6 heteroatoms. The quantitative estimate of drug-likeness (QED) is 0.554. The van der Waals surface area contributed by atoms with Crippen molar-refractivity contribution in [3.05, 3.63) is 78.4 Å². The fourth-order valence-electron chi connectivity index (χ4n) is 2.88. The summed E-state index contributed by atoms with van der Waals surface area (Å²) in [4.78, 5) is 12.5. The van der Waals surface area contributed by atoms with E-state index in [0.717, 1.165) is 29.1 Å². The fraction of sp³-hybridized carbons (Fsp3) is 0.0952. The number of nitrogens with zero attached hydrogens (tertiary/aromatic N) is 3. The summed E-state index contributed by atoms with van der Waals surface area (Å²) >= 11 is 0. The van der Waals surface area contributed by atoms with Crippen LogP contribution in [0.3, 0.4) is 0 Å². The van der Waals surface area contributed by atoms with E-state index in [1.807, 2.05) is 67.6 Å². The predicted octanol–water partition coefficient (Wildman–Crippen LogP) is 4.45. The fourth-order valence-corrected chi connectivity index (χ4v) is 2.88. The zero-order valence-corrected chi connectivity index (χ0v) is 14.9. The molecule has 0 saturated carbocycles. The van der Waals surface area contributed by atoms with Gasteiger partial charge in [0.05, 0.1) is 5.52 Å². The van der Waals surface area contributed by atoms with Crippen molar-refractivity contribution in [3.63, 3.8) is 0 Å². The number of amides is 1. The normalized spacial score (nSPS) is 10.7. The highest BCUT2D eigenvalue weighted by molar-refractivity contribution is 6.05. The van der Waals surface area contributed by atoms with E-state index in [1.54, 1.807) is 16.8 Å². The first-order chi connectivity index (χ1) is 13.2. The molecule has 0 fully saturated rings. The maximum Gasteiger partial charge on any atom is 0.255 e. The van der Waals surface area contributed by atoms with Gasteiger partial charge in [-0.1, -0.05) is 23.4 Å². The lowest BCUT2D eigenvalue weighted by Gasteiger charge is -2.09. The van der Waals surface area contributed by atoms with Crippen LogP contribution in [0, 0.1) is 0 Å². The summed E-state index contributed by atoms with van der Waals surface area (Å²) in [5, 5.41) is 14.4. The number of rotatable bonds is 5. The molecule has 6 nitrogen and oxygen atoms in total. The zero-order chi connectivity index (χ0) is 18.6. The van der Waals surface area contributed by atoms with Crippen molar-refractivity contribution < 1.29 is 4.79 Å². The predicted molar refractivity (Wildman–Crippen MR) is 107 cm³/mol. The first-order valence-electron chi connectivity index (χ1n) is 8.79. The third-order valence-corrected chi connectivity index (χ3v) is 4.28. The number of aromatic nitrogens is 3. The first-order valence-corrected chi connectivity index (χ1v) is 8.79. The molecule has 2 N–H and O–H groups in total. The number of benzene rings is 3. The van der Waals surface area contributed by atoms with Crippen LogP contribution in [0.15, 0.2) is 72.8 Å². The maximum atomic E-state index is 12.5. The average molecular weight is 357 g/mol. The summed E-state index contributed by atoms with van der Waals surface area (Å²) in [6.07, 6.45) is 0. The molecule has 0 radical (unpaired) electrons. The second-order valence-corrected chi connectivity index (χ2v) is 6.13. The Balaban J connectivity index is 1.46. The largest absolute Gasteiger partial charge is 0.356 e. The highest BCUT2D eigenvalue weighted by Gasteiger charge is 2.10. The summed E-state index contributed by atoms with van der Waals surface area (Å²) in [5.74, 6) is -0.174. The third kappa shape index (κ3) is 3.64. The van der Waals surface area contributed by atoms with Crippen LogP contribution in [0.1, 0.15) is 17.3 Å². The molecule has 4 aromatic rings. The van der Waals surface area contributed by atoms with Crippen molar-refractivity contribution in [2.75, 3.05) is 10.6 Å². The van der Waals surface area contributed by atoms with Crippen LogP contribution in [-0.4, -0.2) is 20.9 Å². The van der Waals surface area contributed by atoms with Gasteiger partial charge in [-0.3, -0.25) is 4.79 Å². The molecule has 134 valence electrons. The molecule has 0 unspecified atom stereocenters. The molecule has 1 aromatic heterocycles. The summed E-state index contributed by atoms with van der Waals surface area (Å²) < 4.78 is 1.80. The van der Waals surface area contributed by atoms with Gasteiger partial charge in [-0.25, -0.2) is 4.68 Å². The smallest absolute Gasteiger partial charge is 0.255 e. The van der Waals surface area contributed by atoms with Crippen molar-refractivity contribution in [2.24, 2.45) is 0 Å². The molecule has 0 aliphatic rings. The Labute approximate surface area is 156 Å². The van der Waals surface area contributed by atoms with E-state index in [9.17, 15) is 4.79 Å². The van der Waals surface area contributed by atoms with Crippen molar-refractivity contribution in [1.29, 1.82) is 0 Å². The molecule has 0 atom stereocenters. The van der Waals surface area contributed by atoms with Gasteiger partial charge in [0.2, 0.25) is 0 Å².